The first-order valence-corrected chi connectivity index (χ1v) is 8.92. The van der Waals surface area contributed by atoms with E-state index in [2.05, 4.69) is 15.6 Å². The number of amides is 2. The summed E-state index contributed by atoms with van der Waals surface area (Å²) in [7, 11) is 0. The van der Waals surface area contributed by atoms with Crippen molar-refractivity contribution in [2.45, 2.75) is 32.4 Å². The molecule has 8 N–H and O–H groups in total. The second-order valence-corrected chi connectivity index (χ2v) is 6.69. The van der Waals surface area contributed by atoms with Crippen LogP contribution in [0.15, 0.2) is 35.3 Å². The molecule has 0 unspecified atom stereocenters. The molecule has 0 aliphatic rings. The molecule has 11 heteroatoms. The number of aliphatic carboxylic acids is 2. The SMILES string of the molecule is CC(C)[C@H](NC(=O)[C@@H](CC(=O)O)NC(=O)C=Cc1ccc(N=C(N)N)cc1)C(=O)O. The fourth-order valence-corrected chi connectivity index (χ4v) is 2.35. The number of nitrogens with one attached hydrogen (secondary N) is 2. The van der Waals surface area contributed by atoms with Crippen molar-refractivity contribution in [3.8, 4) is 0 Å². The Morgan fingerprint density at radius 2 is 1.67 bits per heavy atom. The van der Waals surface area contributed by atoms with Crippen LogP contribution in [0.3, 0.4) is 0 Å². The van der Waals surface area contributed by atoms with Crippen LogP contribution in [0.5, 0.6) is 0 Å². The Morgan fingerprint density at radius 1 is 1.07 bits per heavy atom. The van der Waals surface area contributed by atoms with Crippen LogP contribution in [-0.2, 0) is 19.2 Å². The highest BCUT2D eigenvalue weighted by molar-refractivity contribution is 5.97. The van der Waals surface area contributed by atoms with Crippen LogP contribution in [0.1, 0.15) is 25.8 Å². The third-order valence-electron chi connectivity index (χ3n) is 3.82. The molecule has 162 valence electrons. The van der Waals surface area contributed by atoms with Crippen molar-refractivity contribution >= 4 is 41.5 Å². The molecule has 30 heavy (non-hydrogen) atoms. The van der Waals surface area contributed by atoms with Crippen LogP contribution in [0.4, 0.5) is 5.69 Å². The Labute approximate surface area is 172 Å². The first-order valence-electron chi connectivity index (χ1n) is 8.92. The lowest BCUT2D eigenvalue weighted by molar-refractivity contribution is -0.144. The van der Waals surface area contributed by atoms with Crippen LogP contribution >= 0.6 is 0 Å². The summed E-state index contributed by atoms with van der Waals surface area (Å²) in [4.78, 5) is 50.6. The van der Waals surface area contributed by atoms with Gasteiger partial charge in [-0.2, -0.15) is 0 Å². The third kappa shape index (κ3) is 8.42. The number of carbonyl (C=O) groups is 4. The minimum absolute atomic E-state index is 0.0944. The summed E-state index contributed by atoms with van der Waals surface area (Å²) in [6.45, 7) is 3.18. The van der Waals surface area contributed by atoms with E-state index >= 15 is 0 Å². The minimum Gasteiger partial charge on any atom is -0.481 e. The minimum atomic E-state index is -1.44. The average Bonchev–Trinajstić information content (AvgIpc) is 2.63. The molecule has 1 rings (SSSR count). The van der Waals surface area contributed by atoms with Gasteiger partial charge < -0.3 is 32.3 Å². The molecule has 0 aliphatic carbocycles. The maximum absolute atomic E-state index is 12.3. The summed E-state index contributed by atoms with van der Waals surface area (Å²) in [5, 5.41) is 22.7. The van der Waals surface area contributed by atoms with E-state index in [1.807, 2.05) is 0 Å². The van der Waals surface area contributed by atoms with Gasteiger partial charge in [-0.25, -0.2) is 9.79 Å². The normalized spacial score (nSPS) is 12.8. The van der Waals surface area contributed by atoms with Gasteiger partial charge in [-0.15, -0.1) is 0 Å². The first kappa shape index (κ1) is 24.1. The van der Waals surface area contributed by atoms with Crippen molar-refractivity contribution in [2.75, 3.05) is 0 Å². The number of nitrogens with zero attached hydrogens (tertiary/aromatic N) is 1. The van der Waals surface area contributed by atoms with Gasteiger partial charge in [0.1, 0.15) is 12.1 Å². The van der Waals surface area contributed by atoms with Crippen molar-refractivity contribution in [1.29, 1.82) is 0 Å². The van der Waals surface area contributed by atoms with E-state index in [9.17, 15) is 19.2 Å². The molecular weight excluding hydrogens is 394 g/mol. The molecule has 2 amide bonds. The Balaban J connectivity index is 2.84. The predicted octanol–water partition coefficient (Wildman–Crippen LogP) is -0.210. The lowest BCUT2D eigenvalue weighted by Crippen LogP contribution is -2.53. The number of carboxylic acids is 2. The molecule has 2 atom stereocenters. The number of guanidine groups is 1. The van der Waals surface area contributed by atoms with Crippen LogP contribution < -0.4 is 22.1 Å². The molecule has 0 radical (unpaired) electrons. The topological polar surface area (TPSA) is 197 Å². The molecule has 0 saturated carbocycles. The van der Waals surface area contributed by atoms with E-state index in [1.165, 1.54) is 6.08 Å². The van der Waals surface area contributed by atoms with Gasteiger partial charge >= 0.3 is 11.9 Å². The number of hydrogen-bond donors (Lipinski definition) is 6. The molecule has 1 aromatic rings. The lowest BCUT2D eigenvalue weighted by atomic mass is 10.0. The number of aliphatic imine (C=N–C) groups is 1. The zero-order chi connectivity index (χ0) is 22.8. The van der Waals surface area contributed by atoms with Gasteiger partial charge in [0.05, 0.1) is 12.1 Å². The van der Waals surface area contributed by atoms with Gasteiger partial charge in [-0.1, -0.05) is 26.0 Å². The van der Waals surface area contributed by atoms with E-state index in [0.29, 0.717) is 11.3 Å². The number of hydrogen-bond acceptors (Lipinski definition) is 5. The van der Waals surface area contributed by atoms with Gasteiger partial charge in [-0.05, 0) is 29.7 Å². The standard InChI is InChI=1S/C19H25N5O6/c1-10(2)16(18(29)30)24-17(28)13(9-15(26)27)23-14(25)8-5-11-3-6-12(7-4-11)22-19(20)21/h3-8,10,13,16H,9H2,1-2H3,(H,23,25)(H,24,28)(H,26,27)(H,29,30)(H4,20,21,22)/t13-,16+/m1/s1. The molecule has 0 heterocycles. The summed E-state index contributed by atoms with van der Waals surface area (Å²) < 4.78 is 0. The maximum atomic E-state index is 12.3. The van der Waals surface area contributed by atoms with Crippen LogP contribution in [0, 0.1) is 5.92 Å². The molecule has 0 saturated heterocycles. The van der Waals surface area contributed by atoms with Gasteiger partial charge in [0.15, 0.2) is 5.96 Å². The monoisotopic (exact) mass is 419 g/mol. The highest BCUT2D eigenvalue weighted by Gasteiger charge is 2.29. The molecule has 0 bridgehead atoms. The van der Waals surface area contributed by atoms with E-state index in [4.69, 9.17) is 21.7 Å². The fraction of sp³-hybridized carbons (Fsp3) is 0.316. The summed E-state index contributed by atoms with van der Waals surface area (Å²) in [6, 6.07) is 3.88. The Hall–Kier alpha value is -3.89. The molecule has 0 aromatic heterocycles. The fourth-order valence-electron chi connectivity index (χ4n) is 2.35. The smallest absolute Gasteiger partial charge is 0.326 e. The van der Waals surface area contributed by atoms with Crippen molar-refractivity contribution in [2.24, 2.45) is 22.4 Å². The number of rotatable bonds is 10. The van der Waals surface area contributed by atoms with Crippen LogP contribution in [0.2, 0.25) is 0 Å². The summed E-state index contributed by atoms with van der Waals surface area (Å²) in [6.07, 6.45) is 1.86. The van der Waals surface area contributed by atoms with E-state index in [1.54, 1.807) is 38.1 Å². The van der Waals surface area contributed by atoms with Crippen LogP contribution in [-0.4, -0.2) is 52.0 Å². The zero-order valence-corrected chi connectivity index (χ0v) is 16.5. The highest BCUT2D eigenvalue weighted by Crippen LogP contribution is 2.13. The zero-order valence-electron chi connectivity index (χ0n) is 16.5. The van der Waals surface area contributed by atoms with Gasteiger partial charge in [0.25, 0.3) is 0 Å². The number of benzene rings is 1. The molecule has 1 aromatic carbocycles. The largest absolute Gasteiger partial charge is 0.481 e. The van der Waals surface area contributed by atoms with Crippen LogP contribution in [0.25, 0.3) is 6.08 Å². The Bertz CT molecular complexity index is 843. The second-order valence-electron chi connectivity index (χ2n) is 6.69. The van der Waals surface area contributed by atoms with E-state index < -0.39 is 48.2 Å². The number of carboxylic acid groups (broad SMARTS) is 2. The molecular formula is C19H25N5O6. The van der Waals surface area contributed by atoms with Crippen molar-refractivity contribution < 1.29 is 29.4 Å². The number of nitrogens with two attached hydrogens (primary N) is 2. The Morgan fingerprint density at radius 3 is 2.13 bits per heavy atom. The summed E-state index contributed by atoms with van der Waals surface area (Å²) >= 11 is 0. The van der Waals surface area contributed by atoms with E-state index in [0.717, 1.165) is 6.08 Å². The van der Waals surface area contributed by atoms with Crippen molar-refractivity contribution in [3.63, 3.8) is 0 Å². The number of carbonyl (C=O) groups excluding carboxylic acids is 2. The average molecular weight is 419 g/mol. The molecule has 0 aliphatic heterocycles. The molecule has 11 nitrogen and oxygen atoms in total. The third-order valence-corrected chi connectivity index (χ3v) is 3.82. The summed E-state index contributed by atoms with van der Waals surface area (Å²) in [5.41, 5.74) is 11.7. The highest BCUT2D eigenvalue weighted by atomic mass is 16.4. The van der Waals surface area contributed by atoms with E-state index in [-0.39, 0.29) is 5.96 Å². The lowest BCUT2D eigenvalue weighted by Gasteiger charge is -2.22. The first-order chi connectivity index (χ1) is 14.0. The Kier molecular flexibility index (Phi) is 9.01. The molecule has 0 spiro atoms. The van der Waals surface area contributed by atoms with Gasteiger partial charge in [-0.3, -0.25) is 14.4 Å². The molecule has 0 fully saturated rings. The van der Waals surface area contributed by atoms with Gasteiger partial charge in [0, 0.05) is 6.08 Å². The quantitative estimate of drug-likeness (QED) is 0.170. The predicted molar refractivity (Wildman–Crippen MR) is 110 cm³/mol. The van der Waals surface area contributed by atoms with Gasteiger partial charge in [0.2, 0.25) is 11.8 Å². The van der Waals surface area contributed by atoms with Crippen molar-refractivity contribution in [1.82, 2.24) is 10.6 Å². The van der Waals surface area contributed by atoms with Crippen molar-refractivity contribution in [3.05, 3.63) is 35.9 Å². The second kappa shape index (κ2) is 11.2. The maximum Gasteiger partial charge on any atom is 0.326 e. The summed E-state index contributed by atoms with van der Waals surface area (Å²) in [5.74, 6) is -4.74.